The van der Waals surface area contributed by atoms with Crippen molar-refractivity contribution in [2.75, 3.05) is 13.2 Å². The zero-order valence-electron chi connectivity index (χ0n) is 13.9. The van der Waals surface area contributed by atoms with Gasteiger partial charge in [-0.2, -0.15) is 0 Å². The molecule has 3 N–H and O–H groups in total. The first kappa shape index (κ1) is 18.6. The lowest BCUT2D eigenvalue weighted by atomic mass is 9.95. The van der Waals surface area contributed by atoms with E-state index in [-0.39, 0.29) is 18.7 Å². The third kappa shape index (κ3) is 4.42. The Morgan fingerprint density at radius 2 is 2.17 bits per heavy atom. The van der Waals surface area contributed by atoms with Crippen LogP contribution in [0.3, 0.4) is 0 Å². The molecule has 1 saturated heterocycles. The van der Waals surface area contributed by atoms with E-state index in [1.807, 2.05) is 13.8 Å². The lowest BCUT2D eigenvalue weighted by Gasteiger charge is -2.30. The van der Waals surface area contributed by atoms with Gasteiger partial charge in [-0.15, -0.1) is 0 Å². The van der Waals surface area contributed by atoms with Gasteiger partial charge in [0.15, 0.2) is 11.6 Å². The molecule has 134 valence electrons. The van der Waals surface area contributed by atoms with Crippen molar-refractivity contribution >= 4 is 6.03 Å². The summed E-state index contributed by atoms with van der Waals surface area (Å²) in [5, 5.41) is 14.8. The quantitative estimate of drug-likeness (QED) is 0.744. The molecular weight excluding hydrogens is 318 g/mol. The number of amides is 2. The number of hydrogen-bond donors (Lipinski definition) is 3. The topological polar surface area (TPSA) is 70.6 Å². The van der Waals surface area contributed by atoms with Gasteiger partial charge in [-0.25, -0.2) is 13.6 Å². The molecule has 0 radical (unpaired) electrons. The fraction of sp³-hybridized carbons (Fsp3) is 0.588. The van der Waals surface area contributed by atoms with Crippen LogP contribution in [0.4, 0.5) is 13.6 Å². The van der Waals surface area contributed by atoms with Crippen molar-refractivity contribution in [1.82, 2.24) is 10.6 Å². The molecule has 1 aliphatic heterocycles. The molecule has 0 aromatic heterocycles. The molecule has 1 aromatic carbocycles. The minimum atomic E-state index is -0.937. The Morgan fingerprint density at radius 1 is 1.42 bits per heavy atom. The molecular formula is C17H24F2N2O3. The summed E-state index contributed by atoms with van der Waals surface area (Å²) in [6.45, 7) is 4.20. The lowest BCUT2D eigenvalue weighted by Crippen LogP contribution is -2.53. The number of ether oxygens (including phenoxy) is 1. The second-order valence-corrected chi connectivity index (χ2v) is 6.35. The maximum atomic E-state index is 13.4. The monoisotopic (exact) mass is 342 g/mol. The summed E-state index contributed by atoms with van der Waals surface area (Å²) in [5.74, 6) is -1.85. The largest absolute Gasteiger partial charge is 0.396 e. The van der Waals surface area contributed by atoms with Gasteiger partial charge in [0.05, 0.1) is 6.04 Å². The fourth-order valence-corrected chi connectivity index (χ4v) is 2.81. The zero-order valence-corrected chi connectivity index (χ0v) is 13.9. The molecule has 0 bridgehead atoms. The van der Waals surface area contributed by atoms with Crippen LogP contribution in [0, 0.1) is 11.6 Å². The molecule has 0 spiro atoms. The fourth-order valence-electron chi connectivity index (χ4n) is 2.81. The summed E-state index contributed by atoms with van der Waals surface area (Å²) in [5.41, 5.74) is -0.0132. The number of aliphatic hydroxyl groups is 1. The Hall–Kier alpha value is -1.73. The number of rotatable bonds is 6. The van der Waals surface area contributed by atoms with Crippen LogP contribution in [-0.2, 0) is 4.74 Å². The van der Waals surface area contributed by atoms with E-state index in [1.54, 1.807) is 0 Å². The first-order valence-electron chi connectivity index (χ1n) is 8.14. The Balaban J connectivity index is 2.02. The smallest absolute Gasteiger partial charge is 0.315 e. The standard InChI is InChI=1S/C17H24F2N2O3/c1-3-17(2,7-8-22)21-16(23)20-14-6-9-24-15(14)11-4-5-12(18)13(19)10-11/h4-5,10,14-15,22H,3,6-9H2,1-2H3,(H2,20,21,23). The number of carbonyl (C=O) groups excluding carboxylic acids is 1. The molecule has 0 aliphatic carbocycles. The van der Waals surface area contributed by atoms with Crippen molar-refractivity contribution in [3.63, 3.8) is 0 Å². The van der Waals surface area contributed by atoms with E-state index < -0.39 is 23.3 Å². The number of urea groups is 1. The number of hydrogen-bond acceptors (Lipinski definition) is 3. The summed E-state index contributed by atoms with van der Waals surface area (Å²) in [4.78, 5) is 12.3. The van der Waals surface area contributed by atoms with Crippen molar-refractivity contribution in [3.05, 3.63) is 35.4 Å². The Bertz CT molecular complexity index is 585. The predicted molar refractivity (Wildman–Crippen MR) is 85.5 cm³/mol. The van der Waals surface area contributed by atoms with Crippen molar-refractivity contribution in [3.8, 4) is 0 Å². The summed E-state index contributed by atoms with van der Waals surface area (Å²) in [6, 6.07) is 2.92. The highest BCUT2D eigenvalue weighted by Gasteiger charge is 2.33. The van der Waals surface area contributed by atoms with E-state index in [9.17, 15) is 13.6 Å². The third-order valence-corrected chi connectivity index (χ3v) is 4.54. The highest BCUT2D eigenvalue weighted by atomic mass is 19.2. The normalized spacial score (nSPS) is 22.9. The van der Waals surface area contributed by atoms with E-state index in [4.69, 9.17) is 9.84 Å². The van der Waals surface area contributed by atoms with Gasteiger partial charge in [-0.1, -0.05) is 13.0 Å². The molecule has 3 atom stereocenters. The first-order chi connectivity index (χ1) is 11.4. The summed E-state index contributed by atoms with van der Waals surface area (Å²) < 4.78 is 32.1. The first-order valence-corrected chi connectivity index (χ1v) is 8.14. The van der Waals surface area contributed by atoms with Crippen molar-refractivity contribution in [2.45, 2.75) is 50.8 Å². The van der Waals surface area contributed by atoms with Crippen LogP contribution < -0.4 is 10.6 Å². The molecule has 24 heavy (non-hydrogen) atoms. The van der Waals surface area contributed by atoms with E-state index >= 15 is 0 Å². The molecule has 1 aliphatic rings. The van der Waals surface area contributed by atoms with E-state index in [0.717, 1.165) is 12.1 Å². The Morgan fingerprint density at radius 3 is 2.79 bits per heavy atom. The van der Waals surface area contributed by atoms with Gasteiger partial charge in [0.25, 0.3) is 0 Å². The number of halogens is 2. The lowest BCUT2D eigenvalue weighted by molar-refractivity contribution is 0.0990. The van der Waals surface area contributed by atoms with Gasteiger partial charge >= 0.3 is 6.03 Å². The van der Waals surface area contributed by atoms with Crippen molar-refractivity contribution in [1.29, 1.82) is 0 Å². The van der Waals surface area contributed by atoms with Gasteiger partial charge in [0, 0.05) is 18.8 Å². The van der Waals surface area contributed by atoms with Crippen LogP contribution in [0.5, 0.6) is 0 Å². The summed E-state index contributed by atoms with van der Waals surface area (Å²) in [6.07, 6.45) is 1.19. The molecule has 1 aromatic rings. The number of aliphatic hydroxyl groups excluding tert-OH is 1. The second-order valence-electron chi connectivity index (χ2n) is 6.35. The van der Waals surface area contributed by atoms with Gasteiger partial charge in [-0.05, 0) is 43.9 Å². The van der Waals surface area contributed by atoms with Crippen molar-refractivity contribution in [2.24, 2.45) is 0 Å². The van der Waals surface area contributed by atoms with Gasteiger partial charge in [0.1, 0.15) is 6.10 Å². The maximum Gasteiger partial charge on any atom is 0.315 e. The summed E-state index contributed by atoms with van der Waals surface area (Å²) >= 11 is 0. The zero-order chi connectivity index (χ0) is 17.7. The Labute approximate surface area is 140 Å². The number of carbonyl (C=O) groups is 1. The molecule has 2 amide bonds. The van der Waals surface area contributed by atoms with Gasteiger partial charge in [-0.3, -0.25) is 0 Å². The van der Waals surface area contributed by atoms with E-state index in [2.05, 4.69) is 10.6 Å². The molecule has 1 heterocycles. The average molecular weight is 342 g/mol. The van der Waals surface area contributed by atoms with E-state index in [1.165, 1.54) is 6.07 Å². The maximum absolute atomic E-state index is 13.4. The minimum Gasteiger partial charge on any atom is -0.396 e. The van der Waals surface area contributed by atoms with Crippen LogP contribution in [0.25, 0.3) is 0 Å². The molecule has 1 fully saturated rings. The van der Waals surface area contributed by atoms with Crippen LogP contribution in [0.2, 0.25) is 0 Å². The number of benzene rings is 1. The highest BCUT2D eigenvalue weighted by molar-refractivity contribution is 5.75. The average Bonchev–Trinajstić information content (AvgIpc) is 2.98. The SMILES string of the molecule is CCC(C)(CCO)NC(=O)NC1CCOC1c1ccc(F)c(F)c1. The number of nitrogens with one attached hydrogen (secondary N) is 2. The van der Waals surface area contributed by atoms with Crippen LogP contribution in [-0.4, -0.2) is 35.9 Å². The highest BCUT2D eigenvalue weighted by Crippen LogP contribution is 2.30. The molecule has 7 heteroatoms. The predicted octanol–water partition coefficient (Wildman–Crippen LogP) is 2.65. The molecule has 5 nitrogen and oxygen atoms in total. The van der Waals surface area contributed by atoms with Crippen molar-refractivity contribution < 1.29 is 23.4 Å². The Kier molecular flexibility index (Phi) is 6.12. The van der Waals surface area contributed by atoms with Crippen LogP contribution >= 0.6 is 0 Å². The molecule has 0 saturated carbocycles. The van der Waals surface area contributed by atoms with Gasteiger partial charge < -0.3 is 20.5 Å². The van der Waals surface area contributed by atoms with Gasteiger partial charge in [0.2, 0.25) is 0 Å². The second kappa shape index (κ2) is 7.90. The molecule has 3 unspecified atom stereocenters. The third-order valence-electron chi connectivity index (χ3n) is 4.54. The van der Waals surface area contributed by atoms with Crippen LogP contribution in [0.1, 0.15) is 44.8 Å². The summed E-state index contributed by atoms with van der Waals surface area (Å²) in [7, 11) is 0. The molecule has 2 rings (SSSR count). The minimum absolute atomic E-state index is 0.0192. The van der Waals surface area contributed by atoms with E-state index in [0.29, 0.717) is 31.4 Å². The van der Waals surface area contributed by atoms with Crippen LogP contribution in [0.15, 0.2) is 18.2 Å².